The van der Waals surface area contributed by atoms with Crippen LogP contribution in [0.15, 0.2) is 34.9 Å². The highest BCUT2D eigenvalue weighted by molar-refractivity contribution is 9.10. The molecule has 112 valence electrons. The Kier molecular flexibility index (Phi) is 4.16. The minimum absolute atomic E-state index is 0.269. The molecule has 0 aliphatic rings. The number of aromatic amines is 1. The zero-order valence-electron chi connectivity index (χ0n) is 11.0. The van der Waals surface area contributed by atoms with E-state index in [1.54, 1.807) is 30.5 Å². The molecular formula is C13H9BrN4O3S. The second kappa shape index (κ2) is 6.24. The summed E-state index contributed by atoms with van der Waals surface area (Å²) < 4.78 is 13.9. The van der Waals surface area contributed by atoms with Gasteiger partial charge in [-0.05, 0) is 34.1 Å². The molecule has 0 radical (unpaired) electrons. The van der Waals surface area contributed by atoms with Gasteiger partial charge in [-0.25, -0.2) is 4.79 Å². The number of hydrogen-bond acceptors (Lipinski definition) is 6. The fourth-order valence-corrected chi connectivity index (χ4v) is 2.68. The van der Waals surface area contributed by atoms with E-state index < -0.39 is 11.9 Å². The normalized spacial score (nSPS) is 10.6. The lowest BCUT2D eigenvalue weighted by Crippen LogP contribution is -2.21. The molecule has 2 N–H and O–H groups in total. The summed E-state index contributed by atoms with van der Waals surface area (Å²) in [4.78, 5) is 26.3. The van der Waals surface area contributed by atoms with Crippen LogP contribution in [0.4, 0.5) is 5.69 Å². The van der Waals surface area contributed by atoms with Gasteiger partial charge in [-0.3, -0.25) is 4.79 Å². The van der Waals surface area contributed by atoms with Gasteiger partial charge in [0.2, 0.25) is 0 Å². The van der Waals surface area contributed by atoms with Gasteiger partial charge in [-0.2, -0.15) is 8.75 Å². The summed E-state index contributed by atoms with van der Waals surface area (Å²) in [6, 6.07) is 6.85. The molecule has 0 saturated heterocycles. The maximum atomic E-state index is 11.9. The van der Waals surface area contributed by atoms with Gasteiger partial charge in [-0.15, -0.1) is 0 Å². The molecule has 9 heteroatoms. The number of aromatic nitrogens is 3. The lowest BCUT2D eigenvalue weighted by atomic mass is 10.2. The molecule has 0 atom stereocenters. The molecule has 1 aromatic carbocycles. The van der Waals surface area contributed by atoms with E-state index >= 15 is 0 Å². The number of anilines is 1. The Morgan fingerprint density at radius 1 is 1.36 bits per heavy atom. The van der Waals surface area contributed by atoms with Crippen molar-refractivity contribution in [3.63, 3.8) is 0 Å². The zero-order chi connectivity index (χ0) is 15.5. The zero-order valence-corrected chi connectivity index (χ0v) is 13.4. The number of H-pyrrole nitrogens is 1. The summed E-state index contributed by atoms with van der Waals surface area (Å²) in [5, 5.41) is 2.65. The maximum absolute atomic E-state index is 11.9. The van der Waals surface area contributed by atoms with Crippen molar-refractivity contribution in [3.05, 3.63) is 40.6 Å². The monoisotopic (exact) mass is 380 g/mol. The van der Waals surface area contributed by atoms with Crippen LogP contribution in [0.3, 0.4) is 0 Å². The van der Waals surface area contributed by atoms with Crippen molar-refractivity contribution in [1.82, 2.24) is 13.7 Å². The van der Waals surface area contributed by atoms with E-state index in [1.807, 2.05) is 0 Å². The molecular weight excluding hydrogens is 372 g/mol. The third-order valence-corrected chi connectivity index (χ3v) is 3.76. The van der Waals surface area contributed by atoms with Crippen molar-refractivity contribution < 1.29 is 14.3 Å². The van der Waals surface area contributed by atoms with Crippen LogP contribution < -0.4 is 5.32 Å². The summed E-state index contributed by atoms with van der Waals surface area (Å²) in [6.45, 7) is -0.385. The van der Waals surface area contributed by atoms with E-state index in [1.165, 1.54) is 0 Å². The molecule has 3 aromatic rings. The Balaban J connectivity index is 1.61. The highest BCUT2D eigenvalue weighted by atomic mass is 79.9. The molecule has 22 heavy (non-hydrogen) atoms. The largest absolute Gasteiger partial charge is 0.451 e. The van der Waals surface area contributed by atoms with Gasteiger partial charge in [0.1, 0.15) is 16.7 Å². The standard InChI is InChI=1S/C13H9BrN4O3S/c14-7-4-10(15-5-7)13(20)21-6-11(19)16-8-2-1-3-9-12(8)18-22-17-9/h1-5,15H,6H2,(H,16,19). The van der Waals surface area contributed by atoms with Crippen molar-refractivity contribution in [2.45, 2.75) is 0 Å². The number of halogens is 1. The first-order valence-corrected chi connectivity index (χ1v) is 7.68. The highest BCUT2D eigenvalue weighted by Crippen LogP contribution is 2.21. The number of nitrogens with zero attached hydrogens (tertiary/aromatic N) is 2. The van der Waals surface area contributed by atoms with Gasteiger partial charge >= 0.3 is 5.97 Å². The maximum Gasteiger partial charge on any atom is 0.355 e. The Bertz CT molecular complexity index is 845. The van der Waals surface area contributed by atoms with Gasteiger partial charge in [0.25, 0.3) is 5.91 Å². The fraction of sp³-hybridized carbons (Fsp3) is 0.0769. The summed E-state index contributed by atoms with van der Waals surface area (Å²) in [6.07, 6.45) is 1.60. The average Bonchev–Trinajstić information content (AvgIpc) is 3.14. The number of fused-ring (bicyclic) bond motifs is 1. The van der Waals surface area contributed by atoms with E-state index in [4.69, 9.17) is 4.74 Å². The Hall–Kier alpha value is -2.26. The van der Waals surface area contributed by atoms with Crippen LogP contribution in [-0.4, -0.2) is 32.2 Å². The van der Waals surface area contributed by atoms with Crippen molar-refractivity contribution in [2.24, 2.45) is 0 Å². The Labute approximate surface area is 137 Å². The summed E-state index contributed by atoms with van der Waals surface area (Å²) >= 11 is 4.28. The fourth-order valence-electron chi connectivity index (χ4n) is 1.79. The number of benzene rings is 1. The molecule has 0 spiro atoms. The van der Waals surface area contributed by atoms with Crippen LogP contribution in [0.2, 0.25) is 0 Å². The number of esters is 1. The van der Waals surface area contributed by atoms with Crippen LogP contribution in [0.5, 0.6) is 0 Å². The minimum atomic E-state index is -0.602. The average molecular weight is 381 g/mol. The van der Waals surface area contributed by atoms with Crippen LogP contribution in [-0.2, 0) is 9.53 Å². The molecule has 1 amide bonds. The van der Waals surface area contributed by atoms with Crippen LogP contribution in [0, 0.1) is 0 Å². The smallest absolute Gasteiger partial charge is 0.355 e. The van der Waals surface area contributed by atoms with Crippen molar-refractivity contribution >= 4 is 56.3 Å². The first kappa shape index (κ1) is 14.7. The van der Waals surface area contributed by atoms with E-state index in [-0.39, 0.29) is 12.3 Å². The molecule has 0 aliphatic carbocycles. The predicted octanol–water partition coefficient (Wildman–Crippen LogP) is 2.58. The number of carbonyl (C=O) groups excluding carboxylic acids is 2. The molecule has 0 bridgehead atoms. The molecule has 2 aromatic heterocycles. The van der Waals surface area contributed by atoms with E-state index in [0.717, 1.165) is 16.2 Å². The number of ether oxygens (including phenoxy) is 1. The number of rotatable bonds is 4. The summed E-state index contributed by atoms with van der Waals surface area (Å²) in [7, 11) is 0. The van der Waals surface area contributed by atoms with Gasteiger partial charge in [0.05, 0.1) is 17.4 Å². The molecule has 7 nitrogen and oxygen atoms in total. The lowest BCUT2D eigenvalue weighted by Gasteiger charge is -2.06. The Morgan fingerprint density at radius 3 is 3.00 bits per heavy atom. The van der Waals surface area contributed by atoms with Crippen LogP contribution in [0.1, 0.15) is 10.5 Å². The molecule has 0 saturated carbocycles. The lowest BCUT2D eigenvalue weighted by molar-refractivity contribution is -0.119. The van der Waals surface area contributed by atoms with Gasteiger partial charge in [-0.1, -0.05) is 6.07 Å². The molecule has 0 aliphatic heterocycles. The quantitative estimate of drug-likeness (QED) is 0.677. The first-order chi connectivity index (χ1) is 10.6. The van der Waals surface area contributed by atoms with Crippen molar-refractivity contribution in [3.8, 4) is 0 Å². The van der Waals surface area contributed by atoms with Gasteiger partial charge in [0.15, 0.2) is 6.61 Å². The second-order valence-electron chi connectivity index (χ2n) is 4.29. The second-order valence-corrected chi connectivity index (χ2v) is 5.74. The number of carbonyl (C=O) groups is 2. The van der Waals surface area contributed by atoms with E-state index in [9.17, 15) is 9.59 Å². The van der Waals surface area contributed by atoms with Crippen LogP contribution >= 0.6 is 27.7 Å². The number of nitrogens with one attached hydrogen (secondary N) is 2. The molecule has 3 rings (SSSR count). The number of hydrogen-bond donors (Lipinski definition) is 2. The van der Waals surface area contributed by atoms with Crippen molar-refractivity contribution in [1.29, 1.82) is 0 Å². The summed E-state index contributed by atoms with van der Waals surface area (Å²) in [5.74, 6) is -1.05. The van der Waals surface area contributed by atoms with E-state index in [2.05, 4.69) is 35.0 Å². The number of amides is 1. The molecule has 2 heterocycles. The predicted molar refractivity (Wildman–Crippen MR) is 84.8 cm³/mol. The van der Waals surface area contributed by atoms with Gasteiger partial charge < -0.3 is 15.0 Å². The molecule has 0 unspecified atom stereocenters. The summed E-state index contributed by atoms with van der Waals surface area (Å²) in [5.41, 5.74) is 2.12. The van der Waals surface area contributed by atoms with Gasteiger partial charge in [0, 0.05) is 10.7 Å². The SMILES string of the molecule is O=C(COC(=O)c1cc(Br)c[nH]1)Nc1cccc2nsnc12. The van der Waals surface area contributed by atoms with E-state index in [0.29, 0.717) is 16.7 Å². The third kappa shape index (κ3) is 3.15. The van der Waals surface area contributed by atoms with Crippen molar-refractivity contribution in [2.75, 3.05) is 11.9 Å². The molecule has 0 fully saturated rings. The topological polar surface area (TPSA) is 97.0 Å². The third-order valence-electron chi connectivity index (χ3n) is 2.76. The first-order valence-electron chi connectivity index (χ1n) is 6.15. The van der Waals surface area contributed by atoms with Crippen LogP contribution in [0.25, 0.3) is 11.0 Å². The Morgan fingerprint density at radius 2 is 2.23 bits per heavy atom. The highest BCUT2D eigenvalue weighted by Gasteiger charge is 2.13. The minimum Gasteiger partial charge on any atom is -0.451 e.